The van der Waals surface area contributed by atoms with E-state index in [9.17, 15) is 4.79 Å². The fourth-order valence-corrected chi connectivity index (χ4v) is 1.51. The molecule has 0 aliphatic carbocycles. The molecule has 0 bridgehead atoms. The van der Waals surface area contributed by atoms with Crippen LogP contribution in [0.2, 0.25) is 0 Å². The Labute approximate surface area is 124 Å². The number of amides is 1. The number of rotatable bonds is 6. The molecule has 0 radical (unpaired) electrons. The molecule has 0 fully saturated rings. The number of alkyl carbamates (subject to hydrolysis) is 1. The Bertz CT molecular complexity index is 348. The minimum atomic E-state index is -0.471. The van der Waals surface area contributed by atoms with Crippen LogP contribution in [-0.2, 0) is 4.74 Å². The molecule has 0 spiro atoms. The molecule has 0 aliphatic heterocycles. The van der Waals surface area contributed by atoms with E-state index < -0.39 is 5.60 Å². The zero-order valence-corrected chi connectivity index (χ0v) is 14.0. The van der Waals surface area contributed by atoms with Gasteiger partial charge in [0.05, 0.1) is 5.54 Å². The van der Waals surface area contributed by atoms with Crippen LogP contribution < -0.4 is 10.6 Å². The van der Waals surface area contributed by atoms with Crippen molar-refractivity contribution in [1.29, 1.82) is 0 Å². The van der Waals surface area contributed by atoms with Gasteiger partial charge in [0.1, 0.15) is 5.60 Å². The summed E-state index contributed by atoms with van der Waals surface area (Å²) >= 11 is 0. The molecule has 1 unspecified atom stereocenters. The lowest BCUT2D eigenvalue weighted by atomic mass is 9.94. The molecule has 0 saturated heterocycles. The fourth-order valence-electron chi connectivity index (χ4n) is 1.51. The van der Waals surface area contributed by atoms with Gasteiger partial charge >= 0.3 is 6.09 Å². The number of terminal acetylenes is 1. The van der Waals surface area contributed by atoms with E-state index >= 15 is 0 Å². The van der Waals surface area contributed by atoms with E-state index in [1.54, 1.807) is 0 Å². The molecule has 2 N–H and O–H groups in total. The van der Waals surface area contributed by atoms with Crippen LogP contribution in [0.3, 0.4) is 0 Å². The average Bonchev–Trinajstić information content (AvgIpc) is 2.25. The lowest BCUT2D eigenvalue weighted by Crippen LogP contribution is -2.45. The van der Waals surface area contributed by atoms with E-state index in [2.05, 4.69) is 30.4 Å². The highest BCUT2D eigenvalue weighted by Gasteiger charge is 2.21. The molecule has 4 nitrogen and oxygen atoms in total. The summed E-state index contributed by atoms with van der Waals surface area (Å²) in [4.78, 5) is 11.7. The van der Waals surface area contributed by atoms with E-state index in [0.717, 1.165) is 6.54 Å². The van der Waals surface area contributed by atoms with Crippen LogP contribution in [0.1, 0.15) is 48.5 Å². The van der Waals surface area contributed by atoms with Crippen molar-refractivity contribution >= 4 is 6.09 Å². The van der Waals surface area contributed by atoms with Crippen LogP contribution >= 0.6 is 0 Å². The maximum Gasteiger partial charge on any atom is 0.407 e. The second-order valence-corrected chi connectivity index (χ2v) is 7.04. The maximum absolute atomic E-state index is 11.7. The maximum atomic E-state index is 11.7. The van der Waals surface area contributed by atoms with Gasteiger partial charge in [-0.3, -0.25) is 0 Å². The zero-order chi connectivity index (χ0) is 16.0. The summed E-state index contributed by atoms with van der Waals surface area (Å²) in [5.74, 6) is 3.45. The second-order valence-electron chi connectivity index (χ2n) is 7.04. The van der Waals surface area contributed by atoms with Crippen molar-refractivity contribution < 1.29 is 9.53 Å². The second kappa shape index (κ2) is 7.54. The molecule has 4 heteroatoms. The predicted molar refractivity (Wildman–Crippen MR) is 83.5 cm³/mol. The van der Waals surface area contributed by atoms with Gasteiger partial charge < -0.3 is 15.4 Å². The normalized spacial score (nSPS) is 13.8. The van der Waals surface area contributed by atoms with Crippen molar-refractivity contribution in [3.63, 3.8) is 0 Å². The van der Waals surface area contributed by atoms with Gasteiger partial charge in [-0.1, -0.05) is 19.8 Å². The Morgan fingerprint density at radius 2 is 1.75 bits per heavy atom. The number of ether oxygens (including phenoxy) is 1. The highest BCUT2D eigenvalue weighted by molar-refractivity contribution is 5.67. The largest absolute Gasteiger partial charge is 0.444 e. The van der Waals surface area contributed by atoms with Gasteiger partial charge in [0.15, 0.2) is 0 Å². The number of carbonyl (C=O) groups excluding carboxylic acids is 1. The molecular formula is C16H30N2O2. The Kier molecular flexibility index (Phi) is 7.08. The van der Waals surface area contributed by atoms with E-state index in [0.29, 0.717) is 18.4 Å². The van der Waals surface area contributed by atoms with Crippen molar-refractivity contribution in [2.24, 2.45) is 11.8 Å². The van der Waals surface area contributed by atoms with Gasteiger partial charge in [0.2, 0.25) is 0 Å². The average molecular weight is 282 g/mol. The zero-order valence-electron chi connectivity index (χ0n) is 14.0. The van der Waals surface area contributed by atoms with E-state index in [1.165, 1.54) is 0 Å². The van der Waals surface area contributed by atoms with Crippen molar-refractivity contribution in [3.8, 4) is 12.3 Å². The molecule has 20 heavy (non-hydrogen) atoms. The lowest BCUT2D eigenvalue weighted by Gasteiger charge is -2.27. The fraction of sp³-hybridized carbons (Fsp3) is 0.812. The monoisotopic (exact) mass is 282 g/mol. The summed E-state index contributed by atoms with van der Waals surface area (Å²) in [7, 11) is 0. The minimum absolute atomic E-state index is 0.301. The van der Waals surface area contributed by atoms with Gasteiger partial charge in [-0.15, -0.1) is 6.42 Å². The molecule has 0 aliphatic rings. The van der Waals surface area contributed by atoms with Gasteiger partial charge in [-0.05, 0) is 46.5 Å². The molecule has 116 valence electrons. The number of carbonyl (C=O) groups is 1. The third kappa shape index (κ3) is 8.82. The van der Waals surface area contributed by atoms with Crippen LogP contribution in [0, 0.1) is 24.2 Å². The molecule has 0 rings (SSSR count). The van der Waals surface area contributed by atoms with E-state index in [-0.39, 0.29) is 11.6 Å². The summed E-state index contributed by atoms with van der Waals surface area (Å²) in [6, 6.07) is 0. The Balaban J connectivity index is 4.30. The van der Waals surface area contributed by atoms with Gasteiger partial charge in [0, 0.05) is 13.1 Å². The first-order valence-electron chi connectivity index (χ1n) is 7.16. The smallest absolute Gasteiger partial charge is 0.407 e. The summed E-state index contributed by atoms with van der Waals surface area (Å²) in [6.07, 6.45) is 5.08. The molecule has 0 aromatic rings. The van der Waals surface area contributed by atoms with E-state index in [4.69, 9.17) is 11.2 Å². The topological polar surface area (TPSA) is 50.4 Å². The molecule has 1 amide bonds. The quantitative estimate of drug-likeness (QED) is 0.737. The van der Waals surface area contributed by atoms with Crippen LogP contribution in [0.15, 0.2) is 0 Å². The first-order valence-corrected chi connectivity index (χ1v) is 7.16. The number of nitrogens with one attached hydrogen (secondary N) is 2. The first kappa shape index (κ1) is 18.8. The highest BCUT2D eigenvalue weighted by Crippen LogP contribution is 2.12. The number of hydrogen-bond donors (Lipinski definition) is 2. The highest BCUT2D eigenvalue weighted by atomic mass is 16.6. The number of hydrogen-bond acceptors (Lipinski definition) is 3. The molecular weight excluding hydrogens is 252 g/mol. The van der Waals surface area contributed by atoms with Crippen LogP contribution in [-0.4, -0.2) is 30.3 Å². The molecule has 0 aromatic carbocycles. The Hall–Kier alpha value is -1.21. The standard InChI is InChI=1S/C16H30N2O2/c1-9-16(7,8)18-11-13(12(2)3)10-17-14(19)20-15(4,5)6/h1,12-13,18H,10-11H2,2-8H3,(H,17,19). The van der Waals surface area contributed by atoms with E-state index in [1.807, 2.05) is 34.6 Å². The van der Waals surface area contributed by atoms with Gasteiger partial charge in [-0.25, -0.2) is 4.79 Å². The minimum Gasteiger partial charge on any atom is -0.444 e. The van der Waals surface area contributed by atoms with Crippen molar-refractivity contribution in [2.45, 2.75) is 59.6 Å². The third-order valence-corrected chi connectivity index (χ3v) is 3.02. The first-order chi connectivity index (χ1) is 8.97. The van der Waals surface area contributed by atoms with Gasteiger partial charge in [-0.2, -0.15) is 0 Å². The summed E-state index contributed by atoms with van der Waals surface area (Å²) in [6.45, 7) is 15.1. The van der Waals surface area contributed by atoms with Crippen LogP contribution in [0.5, 0.6) is 0 Å². The SMILES string of the molecule is C#CC(C)(C)NCC(CNC(=O)OC(C)(C)C)C(C)C. The van der Waals surface area contributed by atoms with Crippen LogP contribution in [0.4, 0.5) is 4.79 Å². The lowest BCUT2D eigenvalue weighted by molar-refractivity contribution is 0.0514. The molecule has 0 saturated carbocycles. The van der Waals surface area contributed by atoms with Crippen LogP contribution in [0.25, 0.3) is 0 Å². The van der Waals surface area contributed by atoms with Crippen molar-refractivity contribution in [1.82, 2.24) is 10.6 Å². The molecule has 0 heterocycles. The predicted octanol–water partition coefficient (Wildman–Crippen LogP) is 2.78. The Morgan fingerprint density at radius 1 is 1.20 bits per heavy atom. The van der Waals surface area contributed by atoms with Gasteiger partial charge in [0.25, 0.3) is 0 Å². The third-order valence-electron chi connectivity index (χ3n) is 3.02. The summed E-state index contributed by atoms with van der Waals surface area (Å²) < 4.78 is 5.23. The van der Waals surface area contributed by atoms with Crippen molar-refractivity contribution in [2.75, 3.05) is 13.1 Å². The molecule has 1 atom stereocenters. The summed E-state index contributed by atoms with van der Waals surface area (Å²) in [5, 5.41) is 6.16. The Morgan fingerprint density at radius 3 is 2.15 bits per heavy atom. The van der Waals surface area contributed by atoms with Crippen molar-refractivity contribution in [3.05, 3.63) is 0 Å². The molecule has 0 aromatic heterocycles. The summed E-state index contributed by atoms with van der Waals surface area (Å²) in [5.41, 5.74) is -0.805.